The van der Waals surface area contributed by atoms with Crippen LogP contribution in [0, 0.1) is 0 Å². The first-order valence-electron chi connectivity index (χ1n) is 9.14. The molecule has 0 amide bonds. The molecule has 0 saturated carbocycles. The Morgan fingerprint density at radius 2 is 1.19 bits per heavy atom. The third-order valence-electron chi connectivity index (χ3n) is 5.48. The number of hydrogen-bond acceptors (Lipinski definition) is 0. The standard InChI is InChI=1S/C21H32N4P/c1-22(2)26(23(3)4,24(5)6)25(7)16-21-19-14-10-8-12-17(19)18-13-9-11-15-20(18)21/h8-15,21H,16H2,1-7H3/q+1. The maximum absolute atomic E-state index is 2.57. The number of rotatable bonds is 5. The SMILES string of the molecule is CN(C)P(N(C)C)(N(C)CC1c2ccccc2-c2ccccc21)=[N+](C)C. The molecule has 1 aliphatic carbocycles. The van der Waals surface area contributed by atoms with E-state index in [1.165, 1.54) is 22.3 Å². The maximum atomic E-state index is 2.57. The van der Waals surface area contributed by atoms with Crippen molar-refractivity contribution >= 4 is 7.51 Å². The zero-order valence-corrected chi connectivity index (χ0v) is 18.0. The second-order valence-corrected chi connectivity index (χ2v) is 11.8. The number of benzene rings is 2. The van der Waals surface area contributed by atoms with E-state index < -0.39 is 7.51 Å². The summed E-state index contributed by atoms with van der Waals surface area (Å²) in [5.74, 6) is 0.409. The van der Waals surface area contributed by atoms with E-state index in [9.17, 15) is 0 Å². The Balaban J connectivity index is 2.07. The fourth-order valence-corrected chi connectivity index (χ4v) is 9.18. The van der Waals surface area contributed by atoms with Crippen LogP contribution < -0.4 is 0 Å². The van der Waals surface area contributed by atoms with Crippen LogP contribution in [0.3, 0.4) is 0 Å². The van der Waals surface area contributed by atoms with E-state index in [-0.39, 0.29) is 0 Å². The first-order chi connectivity index (χ1) is 12.3. The van der Waals surface area contributed by atoms with Gasteiger partial charge in [-0.1, -0.05) is 48.5 Å². The van der Waals surface area contributed by atoms with E-state index in [0.29, 0.717) is 5.92 Å². The van der Waals surface area contributed by atoms with Gasteiger partial charge in [0, 0.05) is 12.5 Å². The molecule has 0 atom stereocenters. The first-order valence-corrected chi connectivity index (χ1v) is 10.7. The molecule has 0 radical (unpaired) electrons. The highest BCUT2D eigenvalue weighted by Gasteiger charge is 2.41. The minimum Gasteiger partial charge on any atom is -0.228 e. The molecule has 0 aliphatic heterocycles. The van der Waals surface area contributed by atoms with E-state index in [1.807, 2.05) is 0 Å². The molecule has 0 spiro atoms. The van der Waals surface area contributed by atoms with Crippen LogP contribution >= 0.6 is 7.51 Å². The Hall–Kier alpha value is -1.45. The van der Waals surface area contributed by atoms with Crippen molar-refractivity contribution in [3.05, 3.63) is 59.7 Å². The zero-order chi connectivity index (χ0) is 19.1. The summed E-state index contributed by atoms with van der Waals surface area (Å²) >= 11 is 0. The summed E-state index contributed by atoms with van der Waals surface area (Å²) in [4.78, 5) is 0. The third-order valence-corrected chi connectivity index (χ3v) is 9.78. The van der Waals surface area contributed by atoms with Crippen molar-refractivity contribution in [3.8, 4) is 11.1 Å². The largest absolute Gasteiger partial charge is 0.310 e. The van der Waals surface area contributed by atoms with E-state index in [1.54, 1.807) is 0 Å². The molecule has 4 nitrogen and oxygen atoms in total. The maximum Gasteiger partial charge on any atom is 0.310 e. The lowest BCUT2D eigenvalue weighted by molar-refractivity contribution is -0.453. The number of fused-ring (bicyclic) bond motifs is 3. The average Bonchev–Trinajstić information content (AvgIpc) is 2.89. The van der Waals surface area contributed by atoms with Crippen molar-refractivity contribution in [1.82, 2.24) is 14.0 Å². The van der Waals surface area contributed by atoms with Crippen molar-refractivity contribution < 1.29 is 4.33 Å². The highest BCUT2D eigenvalue weighted by Crippen LogP contribution is 2.56. The molecular weight excluding hydrogens is 339 g/mol. The molecule has 0 unspecified atom stereocenters. The van der Waals surface area contributed by atoms with Crippen LogP contribution in [0.5, 0.6) is 0 Å². The van der Waals surface area contributed by atoms with Crippen molar-refractivity contribution in [2.45, 2.75) is 5.92 Å². The minimum absolute atomic E-state index is 0.409. The van der Waals surface area contributed by atoms with E-state index in [4.69, 9.17) is 0 Å². The van der Waals surface area contributed by atoms with E-state index in [2.05, 4.69) is 116 Å². The van der Waals surface area contributed by atoms with Gasteiger partial charge in [0.25, 0.3) is 0 Å². The van der Waals surface area contributed by atoms with Crippen LogP contribution in [0.4, 0.5) is 0 Å². The predicted molar refractivity (Wildman–Crippen MR) is 113 cm³/mol. The van der Waals surface area contributed by atoms with Crippen LogP contribution in [-0.2, 0) is 0 Å². The molecule has 0 bridgehead atoms. The van der Waals surface area contributed by atoms with Crippen LogP contribution in [0.25, 0.3) is 11.1 Å². The Kier molecular flexibility index (Phi) is 5.41. The highest BCUT2D eigenvalue weighted by molar-refractivity contribution is 7.56. The molecule has 2 aromatic rings. The van der Waals surface area contributed by atoms with Gasteiger partial charge in [0.1, 0.15) is 14.1 Å². The van der Waals surface area contributed by atoms with Gasteiger partial charge in [-0.05, 0) is 57.5 Å². The highest BCUT2D eigenvalue weighted by atomic mass is 31.2. The lowest BCUT2D eigenvalue weighted by Gasteiger charge is -2.40. The molecule has 3 rings (SSSR count). The van der Waals surface area contributed by atoms with Crippen LogP contribution in [-0.4, -0.2) is 74.2 Å². The Bertz CT molecular complexity index is 795. The first kappa shape index (κ1) is 19.3. The van der Waals surface area contributed by atoms with Gasteiger partial charge in [-0.3, -0.25) is 0 Å². The average molecular weight is 371 g/mol. The molecule has 5 heteroatoms. The van der Waals surface area contributed by atoms with Gasteiger partial charge >= 0.3 is 7.51 Å². The quantitative estimate of drug-likeness (QED) is 0.735. The van der Waals surface area contributed by atoms with Crippen LogP contribution in [0.1, 0.15) is 17.0 Å². The molecule has 2 aromatic carbocycles. The molecule has 0 fully saturated rings. The molecule has 1 aliphatic rings. The number of nitrogens with zero attached hydrogens (tertiary/aromatic N) is 4. The van der Waals surface area contributed by atoms with Gasteiger partial charge in [0.15, 0.2) is 0 Å². The lowest BCUT2D eigenvalue weighted by atomic mass is 9.97. The van der Waals surface area contributed by atoms with E-state index >= 15 is 0 Å². The van der Waals surface area contributed by atoms with Gasteiger partial charge in [0.2, 0.25) is 0 Å². The van der Waals surface area contributed by atoms with Crippen molar-refractivity contribution in [2.75, 3.05) is 55.9 Å². The Labute approximate surface area is 158 Å². The molecule has 0 N–H and O–H groups in total. The third kappa shape index (κ3) is 2.86. The predicted octanol–water partition coefficient (Wildman–Crippen LogP) is 4.07. The van der Waals surface area contributed by atoms with Crippen molar-refractivity contribution in [1.29, 1.82) is 0 Å². The summed E-state index contributed by atoms with van der Waals surface area (Å²) in [6, 6.07) is 17.8. The summed E-state index contributed by atoms with van der Waals surface area (Å²) < 4.78 is 9.73. The van der Waals surface area contributed by atoms with Gasteiger partial charge in [-0.2, -0.15) is 0 Å². The van der Waals surface area contributed by atoms with Crippen LogP contribution in [0.2, 0.25) is 0 Å². The Morgan fingerprint density at radius 3 is 1.58 bits per heavy atom. The van der Waals surface area contributed by atoms with Crippen molar-refractivity contribution in [3.63, 3.8) is 0 Å². The van der Waals surface area contributed by atoms with Gasteiger partial charge < -0.3 is 0 Å². The van der Waals surface area contributed by atoms with Gasteiger partial charge in [-0.15, -0.1) is 0 Å². The summed E-state index contributed by atoms with van der Waals surface area (Å²) in [5, 5.41) is 0. The molecule has 26 heavy (non-hydrogen) atoms. The summed E-state index contributed by atoms with van der Waals surface area (Å²) in [6.07, 6.45) is 0. The molecule has 0 heterocycles. The second-order valence-electron chi connectivity index (χ2n) is 7.65. The summed E-state index contributed by atoms with van der Waals surface area (Å²) in [7, 11) is 13.7. The second kappa shape index (κ2) is 7.28. The molecule has 140 valence electrons. The molecule has 0 aromatic heterocycles. The Morgan fingerprint density at radius 1 is 0.769 bits per heavy atom. The topological polar surface area (TPSA) is 12.7 Å². The van der Waals surface area contributed by atoms with E-state index in [0.717, 1.165) is 6.54 Å². The van der Waals surface area contributed by atoms with Gasteiger partial charge in [0.05, 0.1) is 0 Å². The van der Waals surface area contributed by atoms with Gasteiger partial charge in [-0.25, -0.2) is 18.3 Å². The smallest absolute Gasteiger partial charge is 0.228 e. The zero-order valence-electron chi connectivity index (χ0n) is 17.1. The minimum atomic E-state index is -1.75. The fourth-order valence-electron chi connectivity index (χ4n) is 4.82. The lowest BCUT2D eigenvalue weighted by Crippen LogP contribution is -2.38. The molecular formula is C21H32N4P+. The number of hydrogen-bond donors (Lipinski definition) is 0. The molecule has 0 saturated heterocycles. The monoisotopic (exact) mass is 371 g/mol. The summed E-state index contributed by atoms with van der Waals surface area (Å²) in [6.45, 7) is 0.996. The normalized spacial score (nSPS) is 14.2. The van der Waals surface area contributed by atoms with Crippen molar-refractivity contribution in [2.24, 2.45) is 0 Å². The fraction of sp³-hybridized carbons (Fsp3) is 0.429. The number of likely N-dealkylation sites (N-methyl/N-ethyl adjacent to an activating group) is 1. The summed E-state index contributed by atoms with van der Waals surface area (Å²) in [5.41, 5.74) is 5.69. The van der Waals surface area contributed by atoms with Crippen LogP contribution in [0.15, 0.2) is 48.5 Å².